The lowest BCUT2D eigenvalue weighted by molar-refractivity contribution is -0.140. The first-order valence-corrected chi connectivity index (χ1v) is 5.11. The summed E-state index contributed by atoms with van der Waals surface area (Å²) in [5, 5.41) is 0. The van der Waals surface area contributed by atoms with Gasteiger partial charge < -0.3 is 14.6 Å². The summed E-state index contributed by atoms with van der Waals surface area (Å²) < 4.78 is 4.52. The number of carbonyl (C=O) groups excluding carboxylic acids is 2. The molecule has 0 atom stereocenters. The molecule has 88 valence electrons. The van der Waals surface area contributed by atoms with E-state index < -0.39 is 0 Å². The second-order valence-electron chi connectivity index (χ2n) is 3.49. The van der Waals surface area contributed by atoms with Crippen molar-refractivity contribution in [2.24, 2.45) is 0 Å². The van der Waals surface area contributed by atoms with Crippen LogP contribution in [-0.4, -0.2) is 42.5 Å². The van der Waals surface area contributed by atoms with Crippen molar-refractivity contribution in [3.63, 3.8) is 0 Å². The summed E-state index contributed by atoms with van der Waals surface area (Å²) in [5.74, 6) is -0.324. The predicted molar refractivity (Wildman–Crippen MR) is 59.0 cm³/mol. The predicted octanol–water partition coefficient (Wildman–Crippen LogP) is 1.04. The van der Waals surface area contributed by atoms with Crippen molar-refractivity contribution in [1.29, 1.82) is 0 Å². The third-order valence-electron chi connectivity index (χ3n) is 2.28. The van der Waals surface area contributed by atoms with Crippen molar-refractivity contribution < 1.29 is 14.3 Å². The molecule has 5 nitrogen and oxygen atoms in total. The fraction of sp³-hybridized carbons (Fsp3) is 0.455. The normalized spacial score (nSPS) is 9.88. The average molecular weight is 224 g/mol. The van der Waals surface area contributed by atoms with Crippen LogP contribution in [-0.2, 0) is 9.53 Å². The van der Waals surface area contributed by atoms with E-state index in [2.05, 4.69) is 9.72 Å². The summed E-state index contributed by atoms with van der Waals surface area (Å²) in [6.45, 7) is 0.535. The van der Waals surface area contributed by atoms with Gasteiger partial charge in [-0.15, -0.1) is 0 Å². The number of methoxy groups -OCH3 is 1. The maximum atomic E-state index is 11.7. The second-order valence-corrected chi connectivity index (χ2v) is 3.49. The molecular formula is C11H16N2O3. The van der Waals surface area contributed by atoms with E-state index in [0.717, 1.165) is 0 Å². The number of nitrogens with one attached hydrogen (secondary N) is 1. The van der Waals surface area contributed by atoms with Crippen molar-refractivity contribution in [2.45, 2.75) is 12.8 Å². The van der Waals surface area contributed by atoms with Gasteiger partial charge in [0.25, 0.3) is 5.91 Å². The van der Waals surface area contributed by atoms with Crippen LogP contribution in [0.2, 0.25) is 0 Å². The molecule has 16 heavy (non-hydrogen) atoms. The van der Waals surface area contributed by atoms with Crippen LogP contribution >= 0.6 is 0 Å². The molecule has 1 aromatic heterocycles. The molecule has 0 aliphatic heterocycles. The lowest BCUT2D eigenvalue weighted by Crippen LogP contribution is -2.28. The van der Waals surface area contributed by atoms with Crippen LogP contribution in [0, 0.1) is 0 Å². The van der Waals surface area contributed by atoms with Gasteiger partial charge in [0.1, 0.15) is 5.69 Å². The SMILES string of the molecule is COC(=O)CCCN(C)C(=O)c1ccc[nH]1. The first kappa shape index (κ1) is 12.3. The Morgan fingerprint density at radius 3 is 2.81 bits per heavy atom. The van der Waals surface area contributed by atoms with E-state index in [0.29, 0.717) is 25.1 Å². The zero-order valence-electron chi connectivity index (χ0n) is 9.53. The average Bonchev–Trinajstić information content (AvgIpc) is 2.81. The molecule has 1 rings (SSSR count). The molecule has 0 fully saturated rings. The summed E-state index contributed by atoms with van der Waals surface area (Å²) in [6, 6.07) is 3.49. The van der Waals surface area contributed by atoms with Crippen LogP contribution in [0.1, 0.15) is 23.3 Å². The Bertz CT molecular complexity index is 346. The number of hydrogen-bond acceptors (Lipinski definition) is 3. The molecule has 5 heteroatoms. The van der Waals surface area contributed by atoms with Gasteiger partial charge in [0.05, 0.1) is 7.11 Å². The van der Waals surface area contributed by atoms with Gasteiger partial charge in [-0.3, -0.25) is 9.59 Å². The summed E-state index contributed by atoms with van der Waals surface area (Å²) in [7, 11) is 3.07. The van der Waals surface area contributed by atoms with Crippen LogP contribution < -0.4 is 0 Å². The zero-order chi connectivity index (χ0) is 12.0. The summed E-state index contributed by atoms with van der Waals surface area (Å²) in [4.78, 5) is 27.0. The van der Waals surface area contributed by atoms with Gasteiger partial charge >= 0.3 is 5.97 Å². The minimum absolute atomic E-state index is 0.0742. The molecule has 0 bridgehead atoms. The van der Waals surface area contributed by atoms with E-state index in [4.69, 9.17) is 0 Å². The molecule has 0 aromatic carbocycles. The highest BCUT2D eigenvalue weighted by molar-refractivity contribution is 5.92. The molecule has 0 aliphatic rings. The molecule has 0 saturated carbocycles. The van der Waals surface area contributed by atoms with Crippen molar-refractivity contribution in [3.8, 4) is 0 Å². The van der Waals surface area contributed by atoms with Crippen LogP contribution in [0.25, 0.3) is 0 Å². The smallest absolute Gasteiger partial charge is 0.305 e. The van der Waals surface area contributed by atoms with E-state index in [1.807, 2.05) is 0 Å². The Labute approximate surface area is 94.4 Å². The summed E-state index contributed by atoms with van der Waals surface area (Å²) in [5.41, 5.74) is 0.556. The first-order chi connectivity index (χ1) is 7.65. The Balaban J connectivity index is 2.33. The third-order valence-corrected chi connectivity index (χ3v) is 2.28. The van der Waals surface area contributed by atoms with Gasteiger partial charge in [-0.1, -0.05) is 0 Å². The van der Waals surface area contributed by atoms with Gasteiger partial charge in [0, 0.05) is 26.2 Å². The number of carbonyl (C=O) groups is 2. The Hall–Kier alpha value is -1.78. The van der Waals surface area contributed by atoms with E-state index >= 15 is 0 Å². The number of ether oxygens (including phenoxy) is 1. The Kier molecular flexibility index (Phi) is 4.57. The standard InChI is InChI=1S/C11H16N2O3/c1-13(8-4-6-10(14)16-2)11(15)9-5-3-7-12-9/h3,5,7,12H,4,6,8H2,1-2H3. The van der Waals surface area contributed by atoms with Crippen LogP contribution in [0.15, 0.2) is 18.3 Å². The van der Waals surface area contributed by atoms with E-state index in [1.54, 1.807) is 30.3 Å². The van der Waals surface area contributed by atoms with E-state index in [1.165, 1.54) is 7.11 Å². The van der Waals surface area contributed by atoms with Crippen molar-refractivity contribution in [1.82, 2.24) is 9.88 Å². The number of amides is 1. The minimum atomic E-state index is -0.249. The fourth-order valence-corrected chi connectivity index (χ4v) is 1.33. The Morgan fingerprint density at radius 1 is 1.50 bits per heavy atom. The first-order valence-electron chi connectivity index (χ1n) is 5.11. The number of H-pyrrole nitrogens is 1. The molecule has 1 aromatic rings. The quantitative estimate of drug-likeness (QED) is 0.760. The molecule has 0 saturated heterocycles. The zero-order valence-corrected chi connectivity index (χ0v) is 9.53. The molecule has 1 heterocycles. The molecule has 0 aliphatic carbocycles. The lowest BCUT2D eigenvalue weighted by Gasteiger charge is -2.15. The topological polar surface area (TPSA) is 62.4 Å². The second kappa shape index (κ2) is 5.95. The molecule has 1 N–H and O–H groups in total. The highest BCUT2D eigenvalue weighted by Crippen LogP contribution is 2.02. The number of aromatic amines is 1. The van der Waals surface area contributed by atoms with Crippen molar-refractivity contribution in [3.05, 3.63) is 24.0 Å². The minimum Gasteiger partial charge on any atom is -0.469 e. The maximum Gasteiger partial charge on any atom is 0.305 e. The number of rotatable bonds is 5. The number of hydrogen-bond donors (Lipinski definition) is 1. The largest absolute Gasteiger partial charge is 0.469 e. The summed E-state index contributed by atoms with van der Waals surface area (Å²) in [6.07, 6.45) is 2.64. The van der Waals surface area contributed by atoms with Crippen LogP contribution in [0.5, 0.6) is 0 Å². The molecule has 0 spiro atoms. The van der Waals surface area contributed by atoms with Gasteiger partial charge in [0.2, 0.25) is 0 Å². The lowest BCUT2D eigenvalue weighted by atomic mass is 10.3. The third kappa shape index (κ3) is 3.42. The molecule has 0 radical (unpaired) electrons. The number of nitrogens with zero attached hydrogens (tertiary/aromatic N) is 1. The number of aromatic nitrogens is 1. The van der Waals surface area contributed by atoms with E-state index in [-0.39, 0.29) is 11.9 Å². The number of esters is 1. The highest BCUT2D eigenvalue weighted by atomic mass is 16.5. The highest BCUT2D eigenvalue weighted by Gasteiger charge is 2.12. The van der Waals surface area contributed by atoms with Gasteiger partial charge in [-0.05, 0) is 18.6 Å². The summed E-state index contributed by atoms with van der Waals surface area (Å²) >= 11 is 0. The maximum absolute atomic E-state index is 11.7. The van der Waals surface area contributed by atoms with E-state index in [9.17, 15) is 9.59 Å². The monoisotopic (exact) mass is 224 g/mol. The van der Waals surface area contributed by atoms with Crippen molar-refractivity contribution in [2.75, 3.05) is 20.7 Å². The van der Waals surface area contributed by atoms with Gasteiger partial charge in [-0.2, -0.15) is 0 Å². The molecule has 0 unspecified atom stereocenters. The van der Waals surface area contributed by atoms with Gasteiger partial charge in [0.15, 0.2) is 0 Å². The van der Waals surface area contributed by atoms with Crippen molar-refractivity contribution >= 4 is 11.9 Å². The fourth-order valence-electron chi connectivity index (χ4n) is 1.33. The molecular weight excluding hydrogens is 208 g/mol. The van der Waals surface area contributed by atoms with Crippen LogP contribution in [0.3, 0.4) is 0 Å². The van der Waals surface area contributed by atoms with Gasteiger partial charge in [-0.25, -0.2) is 0 Å². The van der Waals surface area contributed by atoms with Crippen LogP contribution in [0.4, 0.5) is 0 Å². The molecule has 1 amide bonds. The Morgan fingerprint density at radius 2 is 2.25 bits per heavy atom.